The van der Waals surface area contributed by atoms with Crippen molar-refractivity contribution in [2.75, 3.05) is 16.4 Å². The first kappa shape index (κ1) is 17.1. The fourth-order valence-corrected chi connectivity index (χ4v) is 2.03. The molecule has 0 saturated carbocycles. The van der Waals surface area contributed by atoms with E-state index in [1.54, 1.807) is 24.3 Å². The Labute approximate surface area is 141 Å². The fourth-order valence-electron chi connectivity index (χ4n) is 2.03. The Kier molecular flexibility index (Phi) is 5.58. The van der Waals surface area contributed by atoms with Crippen LogP contribution in [0.1, 0.15) is 25.3 Å². The van der Waals surface area contributed by atoms with E-state index in [1.807, 2.05) is 30.3 Å². The summed E-state index contributed by atoms with van der Waals surface area (Å²) in [7, 11) is 0. The topological polar surface area (TPSA) is 90.9 Å². The minimum atomic E-state index is -0.478. The number of rotatable bonds is 5. The Morgan fingerprint density at radius 3 is 2.21 bits per heavy atom. The third-order valence-corrected chi connectivity index (χ3v) is 3.49. The molecule has 0 saturated heterocycles. The standard InChI is InChI=1S/C19H20N4O/c1-13(2)14-3-7-17(8-4-14)22-12-15(11-20)19(24)23-18-9-5-16(21)6-10-18/h3-10,12-13,22H,21H2,1-2H3,(H,23,24)/b15-12-. The van der Waals surface area contributed by atoms with Gasteiger partial charge in [-0.3, -0.25) is 4.79 Å². The van der Waals surface area contributed by atoms with Gasteiger partial charge in [-0.1, -0.05) is 26.0 Å². The molecule has 5 nitrogen and oxygen atoms in total. The van der Waals surface area contributed by atoms with Gasteiger partial charge in [-0.15, -0.1) is 0 Å². The molecule has 5 heteroatoms. The molecule has 0 atom stereocenters. The number of anilines is 3. The summed E-state index contributed by atoms with van der Waals surface area (Å²) in [5, 5.41) is 14.8. The molecular formula is C19H20N4O. The van der Waals surface area contributed by atoms with Gasteiger partial charge < -0.3 is 16.4 Å². The van der Waals surface area contributed by atoms with Crippen LogP contribution < -0.4 is 16.4 Å². The molecule has 24 heavy (non-hydrogen) atoms. The zero-order valence-corrected chi connectivity index (χ0v) is 13.7. The fraction of sp³-hybridized carbons (Fsp3) is 0.158. The van der Waals surface area contributed by atoms with Gasteiger partial charge in [0.2, 0.25) is 0 Å². The van der Waals surface area contributed by atoms with Gasteiger partial charge in [0.25, 0.3) is 5.91 Å². The largest absolute Gasteiger partial charge is 0.399 e. The van der Waals surface area contributed by atoms with Crippen LogP contribution in [-0.2, 0) is 4.79 Å². The molecule has 0 aromatic heterocycles. The van der Waals surface area contributed by atoms with Crippen LogP contribution in [0.4, 0.5) is 17.1 Å². The first-order chi connectivity index (χ1) is 11.5. The van der Waals surface area contributed by atoms with Gasteiger partial charge in [0.1, 0.15) is 11.6 Å². The Morgan fingerprint density at radius 2 is 1.67 bits per heavy atom. The molecule has 0 heterocycles. The number of nitrogens with zero attached hydrogens (tertiary/aromatic N) is 1. The Balaban J connectivity index is 2.04. The summed E-state index contributed by atoms with van der Waals surface area (Å²) in [6.07, 6.45) is 1.40. The highest BCUT2D eigenvalue weighted by Crippen LogP contribution is 2.17. The van der Waals surface area contributed by atoms with E-state index >= 15 is 0 Å². The van der Waals surface area contributed by atoms with Crippen LogP contribution in [0.2, 0.25) is 0 Å². The number of amides is 1. The summed E-state index contributed by atoms with van der Waals surface area (Å²) in [5.41, 5.74) is 8.81. The Morgan fingerprint density at radius 1 is 1.08 bits per heavy atom. The third-order valence-electron chi connectivity index (χ3n) is 3.49. The van der Waals surface area contributed by atoms with Gasteiger partial charge in [-0.2, -0.15) is 5.26 Å². The van der Waals surface area contributed by atoms with Crippen LogP contribution in [-0.4, -0.2) is 5.91 Å². The van der Waals surface area contributed by atoms with Crippen molar-refractivity contribution in [2.24, 2.45) is 0 Å². The lowest BCUT2D eigenvalue weighted by atomic mass is 10.0. The molecule has 0 aliphatic heterocycles. The molecule has 0 aliphatic carbocycles. The van der Waals surface area contributed by atoms with Gasteiger partial charge >= 0.3 is 0 Å². The lowest BCUT2D eigenvalue weighted by Crippen LogP contribution is -2.14. The highest BCUT2D eigenvalue weighted by atomic mass is 16.1. The van der Waals surface area contributed by atoms with Crippen molar-refractivity contribution in [3.05, 3.63) is 65.9 Å². The minimum absolute atomic E-state index is 0.0141. The summed E-state index contributed by atoms with van der Waals surface area (Å²) < 4.78 is 0. The zero-order chi connectivity index (χ0) is 17.5. The van der Waals surface area contributed by atoms with Crippen molar-refractivity contribution in [1.82, 2.24) is 0 Å². The molecule has 0 aliphatic rings. The monoisotopic (exact) mass is 320 g/mol. The first-order valence-electron chi connectivity index (χ1n) is 7.63. The number of nitriles is 1. The average Bonchev–Trinajstić information content (AvgIpc) is 2.58. The summed E-state index contributed by atoms with van der Waals surface area (Å²) in [6, 6.07) is 16.5. The van der Waals surface area contributed by atoms with E-state index in [9.17, 15) is 10.1 Å². The maximum atomic E-state index is 12.1. The molecule has 2 rings (SSSR count). The number of nitrogens with one attached hydrogen (secondary N) is 2. The summed E-state index contributed by atoms with van der Waals surface area (Å²) in [6.45, 7) is 4.25. The molecule has 0 unspecified atom stereocenters. The Hall–Kier alpha value is -3.26. The summed E-state index contributed by atoms with van der Waals surface area (Å²) in [5.74, 6) is -0.0245. The second-order valence-corrected chi connectivity index (χ2v) is 5.67. The van der Waals surface area contributed by atoms with Crippen molar-refractivity contribution in [1.29, 1.82) is 5.26 Å². The summed E-state index contributed by atoms with van der Waals surface area (Å²) >= 11 is 0. The minimum Gasteiger partial charge on any atom is -0.399 e. The maximum Gasteiger partial charge on any atom is 0.267 e. The van der Waals surface area contributed by atoms with E-state index in [1.165, 1.54) is 11.8 Å². The third kappa shape index (κ3) is 4.62. The quantitative estimate of drug-likeness (QED) is 0.443. The predicted molar refractivity (Wildman–Crippen MR) is 97.3 cm³/mol. The number of nitrogen functional groups attached to an aromatic ring is 1. The molecule has 0 bridgehead atoms. The van der Waals surface area contributed by atoms with E-state index in [4.69, 9.17) is 5.73 Å². The van der Waals surface area contributed by atoms with Crippen LogP contribution in [0, 0.1) is 11.3 Å². The second-order valence-electron chi connectivity index (χ2n) is 5.67. The SMILES string of the molecule is CC(C)c1ccc(N/C=C(/C#N)C(=O)Nc2ccc(N)cc2)cc1. The molecule has 0 radical (unpaired) electrons. The predicted octanol–water partition coefficient (Wildman–Crippen LogP) is 3.85. The van der Waals surface area contributed by atoms with E-state index in [0.717, 1.165) is 5.69 Å². The van der Waals surface area contributed by atoms with Crippen molar-refractivity contribution in [2.45, 2.75) is 19.8 Å². The zero-order valence-electron chi connectivity index (χ0n) is 13.7. The van der Waals surface area contributed by atoms with Crippen LogP contribution >= 0.6 is 0 Å². The maximum absolute atomic E-state index is 12.1. The van der Waals surface area contributed by atoms with Crippen LogP contribution in [0.25, 0.3) is 0 Å². The number of carbonyl (C=O) groups is 1. The van der Waals surface area contributed by atoms with Crippen LogP contribution in [0.3, 0.4) is 0 Å². The lowest BCUT2D eigenvalue weighted by Gasteiger charge is -2.08. The van der Waals surface area contributed by atoms with Gasteiger partial charge in [-0.25, -0.2) is 0 Å². The van der Waals surface area contributed by atoms with Crippen molar-refractivity contribution < 1.29 is 4.79 Å². The van der Waals surface area contributed by atoms with Crippen LogP contribution in [0.15, 0.2) is 60.3 Å². The molecule has 122 valence electrons. The van der Waals surface area contributed by atoms with E-state index in [2.05, 4.69) is 24.5 Å². The van der Waals surface area contributed by atoms with E-state index < -0.39 is 5.91 Å². The average molecular weight is 320 g/mol. The van der Waals surface area contributed by atoms with E-state index in [-0.39, 0.29) is 5.57 Å². The number of benzene rings is 2. The molecule has 1 amide bonds. The van der Waals surface area contributed by atoms with Crippen molar-refractivity contribution in [3.63, 3.8) is 0 Å². The van der Waals surface area contributed by atoms with Gasteiger partial charge in [-0.05, 0) is 47.9 Å². The van der Waals surface area contributed by atoms with Crippen LogP contribution in [0.5, 0.6) is 0 Å². The smallest absolute Gasteiger partial charge is 0.267 e. The summed E-state index contributed by atoms with van der Waals surface area (Å²) in [4.78, 5) is 12.1. The highest BCUT2D eigenvalue weighted by molar-refractivity contribution is 6.06. The number of hydrogen-bond acceptors (Lipinski definition) is 4. The molecule has 2 aromatic carbocycles. The highest BCUT2D eigenvalue weighted by Gasteiger charge is 2.09. The first-order valence-corrected chi connectivity index (χ1v) is 7.63. The molecular weight excluding hydrogens is 300 g/mol. The number of carbonyl (C=O) groups excluding carboxylic acids is 1. The van der Waals surface area contributed by atoms with Gasteiger partial charge in [0.15, 0.2) is 0 Å². The normalized spacial score (nSPS) is 11.0. The van der Waals surface area contributed by atoms with E-state index in [0.29, 0.717) is 17.3 Å². The lowest BCUT2D eigenvalue weighted by molar-refractivity contribution is -0.112. The Bertz CT molecular complexity index is 769. The van der Waals surface area contributed by atoms with Crippen molar-refractivity contribution >= 4 is 23.0 Å². The second kappa shape index (κ2) is 7.84. The van der Waals surface area contributed by atoms with Crippen molar-refractivity contribution in [3.8, 4) is 6.07 Å². The molecule has 0 spiro atoms. The molecule has 4 N–H and O–H groups in total. The number of nitrogens with two attached hydrogens (primary N) is 1. The molecule has 0 fully saturated rings. The number of hydrogen-bond donors (Lipinski definition) is 3. The molecule has 2 aromatic rings. The van der Waals surface area contributed by atoms with Gasteiger partial charge in [0, 0.05) is 23.3 Å². The van der Waals surface area contributed by atoms with Gasteiger partial charge in [0.05, 0.1) is 0 Å².